The Morgan fingerprint density at radius 1 is 1.50 bits per heavy atom. The number of nitrogens with zero attached hydrogens (tertiary/aromatic N) is 1. The minimum atomic E-state index is 0.0193. The first-order valence-corrected chi connectivity index (χ1v) is 5.82. The third-order valence-electron chi connectivity index (χ3n) is 3.24. The number of fused-ring (bicyclic) bond motifs is 1. The van der Waals surface area contributed by atoms with Gasteiger partial charge in [-0.2, -0.15) is 0 Å². The average molecular weight is 237 g/mol. The molecule has 16 heavy (non-hydrogen) atoms. The summed E-state index contributed by atoms with van der Waals surface area (Å²) in [5.41, 5.74) is 1.68. The summed E-state index contributed by atoms with van der Waals surface area (Å²) in [5, 5.41) is 4.03. The standard InChI is InChI=1S/C12H13ClN2O/c1-12(4-5-14-7-12)11-15-9-3-2-8(13)6-10(9)16-11/h2-3,6,14H,4-5,7H2,1H3. The van der Waals surface area contributed by atoms with Gasteiger partial charge < -0.3 is 9.73 Å². The van der Waals surface area contributed by atoms with Crippen molar-refractivity contribution in [3.05, 3.63) is 29.1 Å². The molecule has 1 N–H and O–H groups in total. The van der Waals surface area contributed by atoms with E-state index in [1.165, 1.54) is 0 Å². The molecule has 0 spiro atoms. The Labute approximate surface area is 98.8 Å². The number of benzene rings is 1. The van der Waals surface area contributed by atoms with Crippen LogP contribution >= 0.6 is 11.6 Å². The Kier molecular flexibility index (Phi) is 2.19. The van der Waals surface area contributed by atoms with Crippen molar-refractivity contribution in [2.75, 3.05) is 13.1 Å². The quantitative estimate of drug-likeness (QED) is 0.828. The molecule has 1 aliphatic rings. The molecule has 2 aromatic rings. The molecule has 1 aromatic carbocycles. The summed E-state index contributed by atoms with van der Waals surface area (Å²) in [7, 11) is 0. The van der Waals surface area contributed by atoms with E-state index in [1.807, 2.05) is 18.2 Å². The van der Waals surface area contributed by atoms with Gasteiger partial charge in [0.2, 0.25) is 5.89 Å². The van der Waals surface area contributed by atoms with E-state index in [0.717, 1.165) is 36.5 Å². The van der Waals surface area contributed by atoms with Gasteiger partial charge in [-0.05, 0) is 32.0 Å². The van der Waals surface area contributed by atoms with Crippen LogP contribution in [0.15, 0.2) is 22.6 Å². The molecule has 1 aliphatic heterocycles. The van der Waals surface area contributed by atoms with Gasteiger partial charge in [-0.15, -0.1) is 0 Å². The number of hydrogen-bond donors (Lipinski definition) is 1. The number of hydrogen-bond acceptors (Lipinski definition) is 3. The van der Waals surface area contributed by atoms with Crippen molar-refractivity contribution in [2.45, 2.75) is 18.8 Å². The molecule has 1 fully saturated rings. The maximum absolute atomic E-state index is 5.92. The second-order valence-electron chi connectivity index (χ2n) is 4.62. The zero-order chi connectivity index (χ0) is 11.2. The fourth-order valence-electron chi connectivity index (χ4n) is 2.16. The molecule has 0 radical (unpaired) electrons. The van der Waals surface area contributed by atoms with Crippen LogP contribution in [0.3, 0.4) is 0 Å². The normalized spacial score (nSPS) is 25.4. The monoisotopic (exact) mass is 236 g/mol. The van der Waals surface area contributed by atoms with Crippen molar-refractivity contribution < 1.29 is 4.42 Å². The minimum Gasteiger partial charge on any atom is -0.440 e. The summed E-state index contributed by atoms with van der Waals surface area (Å²) in [5.74, 6) is 0.815. The second-order valence-corrected chi connectivity index (χ2v) is 5.05. The van der Waals surface area contributed by atoms with E-state index in [2.05, 4.69) is 17.2 Å². The SMILES string of the molecule is CC1(c2nc3ccc(Cl)cc3o2)CCNC1. The highest BCUT2D eigenvalue weighted by Gasteiger charge is 2.35. The summed E-state index contributed by atoms with van der Waals surface area (Å²) < 4.78 is 5.80. The molecule has 3 nitrogen and oxygen atoms in total. The highest BCUT2D eigenvalue weighted by atomic mass is 35.5. The lowest BCUT2D eigenvalue weighted by Crippen LogP contribution is -2.25. The summed E-state index contributed by atoms with van der Waals surface area (Å²) in [4.78, 5) is 4.54. The number of halogens is 1. The summed E-state index contributed by atoms with van der Waals surface area (Å²) >= 11 is 5.92. The molecule has 0 saturated carbocycles. The van der Waals surface area contributed by atoms with E-state index >= 15 is 0 Å². The molecule has 4 heteroatoms. The van der Waals surface area contributed by atoms with Gasteiger partial charge in [-0.3, -0.25) is 0 Å². The van der Waals surface area contributed by atoms with Crippen molar-refractivity contribution in [3.8, 4) is 0 Å². The lowest BCUT2D eigenvalue weighted by molar-refractivity contribution is 0.382. The van der Waals surface area contributed by atoms with E-state index in [0.29, 0.717) is 5.02 Å². The van der Waals surface area contributed by atoms with Crippen LogP contribution in [0.1, 0.15) is 19.2 Å². The molecule has 84 valence electrons. The summed E-state index contributed by atoms with van der Waals surface area (Å²) in [6.07, 6.45) is 1.06. The van der Waals surface area contributed by atoms with Crippen LogP contribution in [-0.2, 0) is 5.41 Å². The van der Waals surface area contributed by atoms with Gasteiger partial charge in [0.05, 0.1) is 5.41 Å². The molecule has 0 aliphatic carbocycles. The maximum atomic E-state index is 5.92. The van der Waals surface area contributed by atoms with Gasteiger partial charge in [-0.1, -0.05) is 11.6 Å². The third kappa shape index (κ3) is 1.51. The lowest BCUT2D eigenvalue weighted by Gasteiger charge is -2.17. The first kappa shape index (κ1) is 10.1. The van der Waals surface area contributed by atoms with Crippen molar-refractivity contribution in [1.82, 2.24) is 10.3 Å². The summed E-state index contributed by atoms with van der Waals surface area (Å²) in [6, 6.07) is 5.56. The first-order valence-electron chi connectivity index (χ1n) is 5.45. The van der Waals surface area contributed by atoms with Crippen molar-refractivity contribution in [1.29, 1.82) is 0 Å². The summed E-state index contributed by atoms with van der Waals surface area (Å²) in [6.45, 7) is 4.13. The number of oxazole rings is 1. The zero-order valence-corrected chi connectivity index (χ0v) is 9.84. The maximum Gasteiger partial charge on any atom is 0.202 e. The van der Waals surface area contributed by atoms with Crippen LogP contribution in [0.5, 0.6) is 0 Å². The van der Waals surface area contributed by atoms with Gasteiger partial charge in [-0.25, -0.2) is 4.98 Å². The fraction of sp³-hybridized carbons (Fsp3) is 0.417. The van der Waals surface area contributed by atoms with Crippen LogP contribution in [0.4, 0.5) is 0 Å². The molecular weight excluding hydrogens is 224 g/mol. The predicted molar refractivity (Wildman–Crippen MR) is 63.9 cm³/mol. The molecule has 2 heterocycles. The molecule has 1 saturated heterocycles. The second kappa shape index (κ2) is 3.47. The first-order chi connectivity index (χ1) is 7.67. The fourth-order valence-corrected chi connectivity index (χ4v) is 2.32. The highest BCUT2D eigenvalue weighted by Crippen LogP contribution is 2.32. The Morgan fingerprint density at radius 3 is 3.12 bits per heavy atom. The van der Waals surface area contributed by atoms with E-state index in [-0.39, 0.29) is 5.41 Å². The van der Waals surface area contributed by atoms with Gasteiger partial charge in [0.1, 0.15) is 5.52 Å². The predicted octanol–water partition coefficient (Wildman–Crippen LogP) is 2.73. The smallest absolute Gasteiger partial charge is 0.202 e. The highest BCUT2D eigenvalue weighted by molar-refractivity contribution is 6.31. The topological polar surface area (TPSA) is 38.1 Å². The van der Waals surface area contributed by atoms with Crippen LogP contribution in [0.25, 0.3) is 11.1 Å². The van der Waals surface area contributed by atoms with Gasteiger partial charge in [0.15, 0.2) is 5.58 Å². The van der Waals surface area contributed by atoms with Crippen molar-refractivity contribution >= 4 is 22.7 Å². The average Bonchev–Trinajstić information content (AvgIpc) is 2.84. The van der Waals surface area contributed by atoms with Gasteiger partial charge >= 0.3 is 0 Å². The molecule has 3 rings (SSSR count). The molecule has 0 amide bonds. The number of aromatic nitrogens is 1. The molecule has 1 unspecified atom stereocenters. The third-order valence-corrected chi connectivity index (χ3v) is 3.47. The van der Waals surface area contributed by atoms with E-state index in [4.69, 9.17) is 16.0 Å². The van der Waals surface area contributed by atoms with E-state index < -0.39 is 0 Å². The number of nitrogens with one attached hydrogen (secondary N) is 1. The number of rotatable bonds is 1. The van der Waals surface area contributed by atoms with E-state index in [9.17, 15) is 0 Å². The van der Waals surface area contributed by atoms with E-state index in [1.54, 1.807) is 0 Å². The zero-order valence-electron chi connectivity index (χ0n) is 9.09. The minimum absolute atomic E-state index is 0.0193. The Balaban J connectivity index is 2.11. The lowest BCUT2D eigenvalue weighted by atomic mass is 9.90. The molecular formula is C12H13ClN2O. The van der Waals surface area contributed by atoms with Crippen molar-refractivity contribution in [2.24, 2.45) is 0 Å². The largest absolute Gasteiger partial charge is 0.440 e. The van der Waals surface area contributed by atoms with Crippen LogP contribution in [-0.4, -0.2) is 18.1 Å². The Morgan fingerprint density at radius 2 is 2.38 bits per heavy atom. The molecule has 1 atom stereocenters. The van der Waals surface area contributed by atoms with Gasteiger partial charge in [0.25, 0.3) is 0 Å². The Hall–Kier alpha value is -1.06. The van der Waals surface area contributed by atoms with Crippen molar-refractivity contribution in [3.63, 3.8) is 0 Å². The van der Waals surface area contributed by atoms with Crippen LogP contribution in [0.2, 0.25) is 5.02 Å². The van der Waals surface area contributed by atoms with Crippen LogP contribution < -0.4 is 5.32 Å². The Bertz CT molecular complexity index is 529. The van der Waals surface area contributed by atoms with Gasteiger partial charge in [0, 0.05) is 17.6 Å². The molecule has 0 bridgehead atoms. The molecule has 1 aromatic heterocycles. The van der Waals surface area contributed by atoms with Crippen LogP contribution in [0, 0.1) is 0 Å².